The molecule has 1 aliphatic rings. The molecule has 1 saturated heterocycles. The zero-order chi connectivity index (χ0) is 11.5. The Hall–Kier alpha value is 0.620. The van der Waals surface area contributed by atoms with Crippen LogP contribution in [0.1, 0.15) is 37.0 Å². The SMILES string of the molecule is CCCC1CNCCC1c1cc(Br)c(Br)s1. The van der Waals surface area contributed by atoms with Crippen LogP contribution in [0.3, 0.4) is 0 Å². The zero-order valence-electron chi connectivity index (χ0n) is 9.43. The van der Waals surface area contributed by atoms with E-state index >= 15 is 0 Å². The summed E-state index contributed by atoms with van der Waals surface area (Å²) in [6, 6.07) is 2.30. The summed E-state index contributed by atoms with van der Waals surface area (Å²) in [4.78, 5) is 1.54. The fourth-order valence-corrected chi connectivity index (χ4v) is 4.84. The van der Waals surface area contributed by atoms with Gasteiger partial charge in [0.25, 0.3) is 0 Å². The summed E-state index contributed by atoms with van der Waals surface area (Å²) < 4.78 is 2.44. The van der Waals surface area contributed by atoms with Crippen molar-refractivity contribution < 1.29 is 0 Å². The van der Waals surface area contributed by atoms with E-state index in [2.05, 4.69) is 50.2 Å². The zero-order valence-corrected chi connectivity index (χ0v) is 13.4. The van der Waals surface area contributed by atoms with Gasteiger partial charge in [0.2, 0.25) is 0 Å². The molecule has 1 nitrogen and oxygen atoms in total. The molecule has 1 fully saturated rings. The Labute approximate surface area is 118 Å². The highest BCUT2D eigenvalue weighted by atomic mass is 79.9. The minimum absolute atomic E-state index is 0.758. The molecule has 0 amide bonds. The fourth-order valence-electron chi connectivity index (χ4n) is 2.52. The predicted octanol–water partition coefficient (Wildman–Crippen LogP) is 4.77. The molecular weight excluding hydrogens is 350 g/mol. The first-order chi connectivity index (χ1) is 7.72. The quantitative estimate of drug-likeness (QED) is 0.812. The number of rotatable bonds is 3. The third-order valence-corrected chi connectivity index (χ3v) is 6.68. The maximum absolute atomic E-state index is 3.60. The number of thiophene rings is 1. The average Bonchev–Trinajstić information content (AvgIpc) is 2.60. The molecule has 1 aromatic heterocycles. The number of hydrogen-bond donors (Lipinski definition) is 1. The van der Waals surface area contributed by atoms with Crippen molar-refractivity contribution in [2.45, 2.75) is 32.1 Å². The van der Waals surface area contributed by atoms with Crippen molar-refractivity contribution in [3.05, 3.63) is 19.2 Å². The second-order valence-corrected chi connectivity index (χ2v) is 7.67. The highest BCUT2D eigenvalue weighted by Gasteiger charge is 2.27. The molecule has 4 heteroatoms. The molecule has 0 bridgehead atoms. The van der Waals surface area contributed by atoms with Crippen LogP contribution in [-0.4, -0.2) is 13.1 Å². The predicted molar refractivity (Wildman–Crippen MR) is 78.3 cm³/mol. The highest BCUT2D eigenvalue weighted by Crippen LogP contribution is 2.41. The minimum Gasteiger partial charge on any atom is -0.316 e. The molecule has 1 aliphatic heterocycles. The third kappa shape index (κ3) is 2.89. The van der Waals surface area contributed by atoms with Crippen molar-refractivity contribution in [2.24, 2.45) is 5.92 Å². The van der Waals surface area contributed by atoms with Gasteiger partial charge in [-0.3, -0.25) is 0 Å². The van der Waals surface area contributed by atoms with Crippen LogP contribution in [0.2, 0.25) is 0 Å². The summed E-state index contributed by atoms with van der Waals surface area (Å²) in [6.45, 7) is 4.63. The van der Waals surface area contributed by atoms with E-state index in [-0.39, 0.29) is 0 Å². The third-order valence-electron chi connectivity index (χ3n) is 3.30. The number of piperidine rings is 1. The molecule has 1 aromatic rings. The van der Waals surface area contributed by atoms with Crippen molar-refractivity contribution in [3.8, 4) is 0 Å². The van der Waals surface area contributed by atoms with E-state index in [0.717, 1.165) is 18.4 Å². The molecular formula is C12H17Br2NS. The molecule has 0 saturated carbocycles. The smallest absolute Gasteiger partial charge is 0.0843 e. The van der Waals surface area contributed by atoms with Gasteiger partial charge >= 0.3 is 0 Å². The maximum Gasteiger partial charge on any atom is 0.0843 e. The van der Waals surface area contributed by atoms with Gasteiger partial charge in [0.15, 0.2) is 0 Å². The first-order valence-electron chi connectivity index (χ1n) is 5.87. The highest BCUT2D eigenvalue weighted by molar-refractivity contribution is 9.13. The van der Waals surface area contributed by atoms with E-state index in [1.54, 1.807) is 4.88 Å². The van der Waals surface area contributed by atoms with Gasteiger partial charge in [-0.15, -0.1) is 11.3 Å². The van der Waals surface area contributed by atoms with E-state index < -0.39 is 0 Å². The summed E-state index contributed by atoms with van der Waals surface area (Å²) >= 11 is 9.08. The molecule has 0 spiro atoms. The van der Waals surface area contributed by atoms with E-state index in [1.807, 2.05) is 11.3 Å². The van der Waals surface area contributed by atoms with Gasteiger partial charge in [0.05, 0.1) is 3.79 Å². The number of hydrogen-bond acceptors (Lipinski definition) is 2. The van der Waals surface area contributed by atoms with Crippen LogP contribution in [0.25, 0.3) is 0 Å². The fraction of sp³-hybridized carbons (Fsp3) is 0.667. The Kier molecular flexibility index (Phi) is 4.89. The first-order valence-corrected chi connectivity index (χ1v) is 8.28. The molecule has 2 unspecified atom stereocenters. The van der Waals surface area contributed by atoms with Crippen LogP contribution in [0.5, 0.6) is 0 Å². The normalized spacial score (nSPS) is 25.9. The van der Waals surface area contributed by atoms with Gasteiger partial charge in [0.1, 0.15) is 0 Å². The molecule has 2 heterocycles. The van der Waals surface area contributed by atoms with Crippen LogP contribution in [-0.2, 0) is 0 Å². The molecule has 0 radical (unpaired) electrons. The van der Waals surface area contributed by atoms with Gasteiger partial charge in [-0.2, -0.15) is 0 Å². The van der Waals surface area contributed by atoms with Gasteiger partial charge in [-0.1, -0.05) is 13.3 Å². The van der Waals surface area contributed by atoms with Crippen LogP contribution in [0.15, 0.2) is 14.3 Å². The standard InChI is InChI=1S/C12H17Br2NS/c1-2-3-8-7-15-5-4-9(8)11-6-10(13)12(14)16-11/h6,8-9,15H,2-5,7H2,1H3. The lowest BCUT2D eigenvalue weighted by Gasteiger charge is -2.31. The molecule has 2 atom stereocenters. The monoisotopic (exact) mass is 365 g/mol. The van der Waals surface area contributed by atoms with Crippen molar-refractivity contribution in [3.63, 3.8) is 0 Å². The van der Waals surface area contributed by atoms with Crippen LogP contribution in [0, 0.1) is 5.92 Å². The second-order valence-electron chi connectivity index (χ2n) is 4.42. The van der Waals surface area contributed by atoms with Gasteiger partial charge in [-0.25, -0.2) is 0 Å². The van der Waals surface area contributed by atoms with Gasteiger partial charge < -0.3 is 5.32 Å². The van der Waals surface area contributed by atoms with E-state index in [9.17, 15) is 0 Å². The Morgan fingerprint density at radius 2 is 2.31 bits per heavy atom. The number of nitrogens with one attached hydrogen (secondary N) is 1. The molecule has 0 aliphatic carbocycles. The lowest BCUT2D eigenvalue weighted by Crippen LogP contribution is -2.35. The molecule has 16 heavy (non-hydrogen) atoms. The van der Waals surface area contributed by atoms with Crippen LogP contribution in [0.4, 0.5) is 0 Å². The van der Waals surface area contributed by atoms with Gasteiger partial charge in [-0.05, 0) is 75.7 Å². The van der Waals surface area contributed by atoms with Crippen LogP contribution >= 0.6 is 43.2 Å². The van der Waals surface area contributed by atoms with Crippen molar-refractivity contribution in [1.29, 1.82) is 0 Å². The van der Waals surface area contributed by atoms with Gasteiger partial charge in [0, 0.05) is 9.35 Å². The first kappa shape index (κ1) is 13.1. The lowest BCUT2D eigenvalue weighted by atomic mass is 9.82. The Bertz CT molecular complexity index is 329. The Balaban J connectivity index is 2.16. The summed E-state index contributed by atoms with van der Waals surface area (Å²) in [7, 11) is 0. The van der Waals surface area contributed by atoms with Crippen molar-refractivity contribution >= 4 is 43.2 Å². The maximum atomic E-state index is 3.60. The molecule has 1 N–H and O–H groups in total. The molecule has 0 aromatic carbocycles. The van der Waals surface area contributed by atoms with Crippen molar-refractivity contribution in [1.82, 2.24) is 5.32 Å². The summed E-state index contributed by atoms with van der Waals surface area (Å²) in [6.07, 6.45) is 3.91. The van der Waals surface area contributed by atoms with Crippen molar-refractivity contribution in [2.75, 3.05) is 13.1 Å². The van der Waals surface area contributed by atoms with Crippen LogP contribution < -0.4 is 5.32 Å². The lowest BCUT2D eigenvalue weighted by molar-refractivity contribution is 0.310. The van der Waals surface area contributed by atoms with E-state index in [4.69, 9.17) is 0 Å². The summed E-state index contributed by atoms with van der Waals surface area (Å²) in [5.74, 6) is 1.57. The minimum atomic E-state index is 0.758. The Morgan fingerprint density at radius 1 is 1.50 bits per heavy atom. The van der Waals surface area contributed by atoms with E-state index in [1.165, 1.54) is 34.1 Å². The molecule has 2 rings (SSSR count). The number of halogens is 2. The van der Waals surface area contributed by atoms with E-state index in [0.29, 0.717) is 0 Å². The summed E-state index contributed by atoms with van der Waals surface area (Å²) in [5, 5.41) is 3.52. The summed E-state index contributed by atoms with van der Waals surface area (Å²) in [5.41, 5.74) is 0. The average molecular weight is 367 g/mol. The Morgan fingerprint density at radius 3 is 2.94 bits per heavy atom. The molecule has 90 valence electrons. The second kappa shape index (κ2) is 5.98. The largest absolute Gasteiger partial charge is 0.316 e. The topological polar surface area (TPSA) is 12.0 Å².